The van der Waals surface area contributed by atoms with Gasteiger partial charge < -0.3 is 5.11 Å². The second kappa shape index (κ2) is 4.49. The molecule has 0 saturated heterocycles. The molecule has 1 fully saturated rings. The number of rotatable bonds is 6. The molecule has 1 aliphatic rings. The highest BCUT2D eigenvalue weighted by molar-refractivity contribution is 7.89. The summed E-state index contributed by atoms with van der Waals surface area (Å²) in [6.45, 7) is 2.46. The lowest BCUT2D eigenvalue weighted by Crippen LogP contribution is -2.40. The van der Waals surface area contributed by atoms with Crippen molar-refractivity contribution in [2.24, 2.45) is 5.41 Å². The van der Waals surface area contributed by atoms with Crippen molar-refractivity contribution in [2.45, 2.75) is 32.6 Å². The SMILES string of the molecule is CC1(CNS(=O)(=O)CCC(=O)O)CCC1. The topological polar surface area (TPSA) is 83.5 Å². The number of carboxylic acid groups (broad SMARTS) is 1. The van der Waals surface area contributed by atoms with Crippen molar-refractivity contribution in [3.8, 4) is 0 Å². The van der Waals surface area contributed by atoms with Crippen LogP contribution in [0.1, 0.15) is 32.6 Å². The van der Waals surface area contributed by atoms with E-state index in [0.29, 0.717) is 6.54 Å². The summed E-state index contributed by atoms with van der Waals surface area (Å²) < 4.78 is 25.2. The molecule has 1 saturated carbocycles. The van der Waals surface area contributed by atoms with Gasteiger partial charge in [0, 0.05) is 6.54 Å². The Balaban J connectivity index is 2.33. The normalized spacial score (nSPS) is 19.5. The lowest BCUT2D eigenvalue weighted by Gasteiger charge is -2.38. The van der Waals surface area contributed by atoms with Crippen LogP contribution >= 0.6 is 0 Å². The van der Waals surface area contributed by atoms with E-state index in [2.05, 4.69) is 4.72 Å². The number of nitrogens with one attached hydrogen (secondary N) is 1. The molecule has 0 spiro atoms. The van der Waals surface area contributed by atoms with Gasteiger partial charge in [-0.05, 0) is 18.3 Å². The highest BCUT2D eigenvalue weighted by atomic mass is 32.2. The maximum Gasteiger partial charge on any atom is 0.304 e. The summed E-state index contributed by atoms with van der Waals surface area (Å²) in [4.78, 5) is 10.2. The van der Waals surface area contributed by atoms with E-state index in [0.717, 1.165) is 19.3 Å². The van der Waals surface area contributed by atoms with E-state index >= 15 is 0 Å². The Morgan fingerprint density at radius 3 is 2.47 bits per heavy atom. The molecular formula is C9H17NO4S. The summed E-state index contributed by atoms with van der Waals surface area (Å²) in [5.41, 5.74) is 0.0797. The molecule has 0 aromatic rings. The highest BCUT2D eigenvalue weighted by Crippen LogP contribution is 2.39. The molecule has 2 N–H and O–H groups in total. The number of carbonyl (C=O) groups is 1. The average Bonchev–Trinajstić information content (AvgIpc) is 2.09. The summed E-state index contributed by atoms with van der Waals surface area (Å²) in [5, 5.41) is 8.37. The molecule has 15 heavy (non-hydrogen) atoms. The van der Waals surface area contributed by atoms with Crippen LogP contribution in [-0.2, 0) is 14.8 Å². The van der Waals surface area contributed by atoms with Crippen molar-refractivity contribution in [3.05, 3.63) is 0 Å². The number of hydrogen-bond acceptors (Lipinski definition) is 3. The van der Waals surface area contributed by atoms with Crippen molar-refractivity contribution in [2.75, 3.05) is 12.3 Å². The van der Waals surface area contributed by atoms with Crippen molar-refractivity contribution in [1.29, 1.82) is 0 Å². The van der Waals surface area contributed by atoms with E-state index in [1.165, 1.54) is 0 Å². The number of carboxylic acids is 1. The molecule has 0 heterocycles. The van der Waals surface area contributed by atoms with Gasteiger partial charge in [0.05, 0.1) is 12.2 Å². The summed E-state index contributed by atoms with van der Waals surface area (Å²) in [6, 6.07) is 0. The molecule has 0 atom stereocenters. The first-order chi connectivity index (χ1) is 6.83. The third kappa shape index (κ3) is 4.17. The molecule has 0 aliphatic heterocycles. The Morgan fingerprint density at radius 2 is 2.07 bits per heavy atom. The predicted octanol–water partition coefficient (Wildman–Crippen LogP) is 0.571. The van der Waals surface area contributed by atoms with Crippen molar-refractivity contribution in [1.82, 2.24) is 4.72 Å². The van der Waals surface area contributed by atoms with Gasteiger partial charge in [0.25, 0.3) is 0 Å². The Hall–Kier alpha value is -0.620. The van der Waals surface area contributed by atoms with Crippen LogP contribution in [0.4, 0.5) is 0 Å². The molecule has 5 nitrogen and oxygen atoms in total. The fraction of sp³-hybridized carbons (Fsp3) is 0.889. The van der Waals surface area contributed by atoms with Crippen LogP contribution in [0.2, 0.25) is 0 Å². The fourth-order valence-electron chi connectivity index (χ4n) is 1.54. The van der Waals surface area contributed by atoms with Gasteiger partial charge in [-0.3, -0.25) is 4.79 Å². The molecule has 0 aromatic heterocycles. The van der Waals surface area contributed by atoms with Crippen LogP contribution in [0.5, 0.6) is 0 Å². The number of aliphatic carboxylic acids is 1. The molecule has 1 rings (SSSR count). The minimum Gasteiger partial charge on any atom is -0.481 e. The van der Waals surface area contributed by atoms with E-state index in [9.17, 15) is 13.2 Å². The third-order valence-corrected chi connectivity index (χ3v) is 4.19. The molecule has 0 unspecified atom stereocenters. The quantitative estimate of drug-likeness (QED) is 0.705. The van der Waals surface area contributed by atoms with Crippen LogP contribution in [0.25, 0.3) is 0 Å². The molecule has 0 bridgehead atoms. The van der Waals surface area contributed by atoms with E-state index < -0.39 is 16.0 Å². The lowest BCUT2D eigenvalue weighted by molar-refractivity contribution is -0.136. The van der Waals surface area contributed by atoms with Gasteiger partial charge in [0.15, 0.2) is 0 Å². The summed E-state index contributed by atoms with van der Waals surface area (Å²) in [6.07, 6.45) is 2.88. The van der Waals surface area contributed by atoms with Gasteiger partial charge in [-0.1, -0.05) is 13.3 Å². The summed E-state index contributed by atoms with van der Waals surface area (Å²) in [7, 11) is -3.42. The maximum absolute atomic E-state index is 11.3. The Bertz CT molecular complexity index is 332. The monoisotopic (exact) mass is 235 g/mol. The highest BCUT2D eigenvalue weighted by Gasteiger charge is 2.32. The largest absolute Gasteiger partial charge is 0.481 e. The summed E-state index contributed by atoms with van der Waals surface area (Å²) in [5.74, 6) is -1.42. The third-order valence-electron chi connectivity index (χ3n) is 2.86. The second-order valence-electron chi connectivity index (χ2n) is 4.45. The zero-order valence-electron chi connectivity index (χ0n) is 8.82. The minimum atomic E-state index is -3.42. The van der Waals surface area contributed by atoms with Gasteiger partial charge in [-0.15, -0.1) is 0 Å². The zero-order chi connectivity index (χ0) is 11.5. The number of sulfonamides is 1. The molecule has 1 aliphatic carbocycles. The first-order valence-corrected chi connectivity index (χ1v) is 6.67. The van der Waals surface area contributed by atoms with Crippen LogP contribution in [0.15, 0.2) is 0 Å². The molecule has 0 aromatic carbocycles. The van der Waals surface area contributed by atoms with E-state index in [-0.39, 0.29) is 17.6 Å². The van der Waals surface area contributed by atoms with Crippen LogP contribution in [-0.4, -0.2) is 31.8 Å². The summed E-state index contributed by atoms with van der Waals surface area (Å²) >= 11 is 0. The smallest absolute Gasteiger partial charge is 0.304 e. The Morgan fingerprint density at radius 1 is 1.47 bits per heavy atom. The minimum absolute atomic E-state index is 0.0797. The van der Waals surface area contributed by atoms with Gasteiger partial charge in [-0.25, -0.2) is 13.1 Å². The van der Waals surface area contributed by atoms with Crippen molar-refractivity contribution in [3.63, 3.8) is 0 Å². The molecule has 0 radical (unpaired) electrons. The van der Waals surface area contributed by atoms with E-state index in [1.807, 2.05) is 6.92 Å². The predicted molar refractivity (Wildman–Crippen MR) is 56.0 cm³/mol. The van der Waals surface area contributed by atoms with Gasteiger partial charge in [0.1, 0.15) is 0 Å². The maximum atomic E-state index is 11.3. The van der Waals surface area contributed by atoms with E-state index in [1.54, 1.807) is 0 Å². The van der Waals surface area contributed by atoms with Crippen molar-refractivity contribution >= 4 is 16.0 Å². The van der Waals surface area contributed by atoms with Crippen LogP contribution in [0.3, 0.4) is 0 Å². The standard InChI is InChI=1S/C9H17NO4S/c1-9(4-2-5-9)7-10-15(13,14)6-3-8(11)12/h10H,2-7H2,1H3,(H,11,12). The molecule has 0 amide bonds. The first kappa shape index (κ1) is 12.4. The zero-order valence-corrected chi connectivity index (χ0v) is 9.64. The van der Waals surface area contributed by atoms with Crippen LogP contribution < -0.4 is 4.72 Å². The lowest BCUT2D eigenvalue weighted by atomic mass is 9.71. The van der Waals surface area contributed by atoms with Crippen LogP contribution in [0, 0.1) is 5.41 Å². The Labute approximate surface area is 89.9 Å². The molecular weight excluding hydrogens is 218 g/mol. The molecule has 88 valence electrons. The average molecular weight is 235 g/mol. The van der Waals surface area contributed by atoms with E-state index in [4.69, 9.17) is 5.11 Å². The second-order valence-corrected chi connectivity index (χ2v) is 6.37. The Kier molecular flexibility index (Phi) is 3.72. The van der Waals surface area contributed by atoms with Crippen molar-refractivity contribution < 1.29 is 18.3 Å². The van der Waals surface area contributed by atoms with Gasteiger partial charge >= 0.3 is 5.97 Å². The first-order valence-electron chi connectivity index (χ1n) is 5.02. The van der Waals surface area contributed by atoms with Gasteiger partial charge in [0.2, 0.25) is 10.0 Å². The molecule has 6 heteroatoms. The fourth-order valence-corrected chi connectivity index (χ4v) is 2.69. The number of hydrogen-bond donors (Lipinski definition) is 2. The van der Waals surface area contributed by atoms with Gasteiger partial charge in [-0.2, -0.15) is 0 Å².